The second-order valence-electron chi connectivity index (χ2n) is 2.37. The van der Waals surface area contributed by atoms with Crippen LogP contribution in [0.5, 0.6) is 0 Å². The van der Waals surface area contributed by atoms with Gasteiger partial charge in [-0.05, 0) is 30.8 Å². The highest BCUT2D eigenvalue weighted by molar-refractivity contribution is 8.13. The molecule has 0 radical (unpaired) electrons. The molecule has 0 amide bonds. The summed E-state index contributed by atoms with van der Waals surface area (Å²) in [5.41, 5.74) is 1.18. The Morgan fingerprint density at radius 3 is 2.42 bits per heavy atom. The lowest BCUT2D eigenvalue weighted by molar-refractivity contribution is 0.200. The Kier molecular flexibility index (Phi) is 3.17. The predicted molar refractivity (Wildman–Crippen MR) is 49.4 cm³/mol. The van der Waals surface area contributed by atoms with Crippen LogP contribution in [0.3, 0.4) is 0 Å². The number of hydrogen-bond donors (Lipinski definition) is 0. The van der Waals surface area contributed by atoms with E-state index in [1.807, 2.05) is 31.2 Å². The Bertz CT molecular complexity index is 266. The van der Waals surface area contributed by atoms with E-state index in [1.54, 1.807) is 0 Å². The predicted octanol–water partition coefficient (Wildman–Crippen LogP) is 2.85. The van der Waals surface area contributed by atoms with Gasteiger partial charge in [-0.3, -0.25) is 0 Å². The van der Waals surface area contributed by atoms with Crippen LogP contribution in [0.1, 0.15) is 5.56 Å². The van der Waals surface area contributed by atoms with E-state index in [-0.39, 0.29) is 5.30 Å². The Balaban J connectivity index is 2.64. The molecule has 0 aliphatic rings. The summed E-state index contributed by atoms with van der Waals surface area (Å²) in [6.07, 6.45) is 0. The lowest BCUT2D eigenvalue weighted by atomic mass is 10.2. The van der Waals surface area contributed by atoms with Crippen LogP contribution in [0.2, 0.25) is 0 Å². The van der Waals surface area contributed by atoms with Gasteiger partial charge in [0.05, 0.1) is 7.11 Å². The molecule has 2 nitrogen and oxygen atoms in total. The number of rotatable bonds is 1. The smallest absolute Gasteiger partial charge is 0.371 e. The van der Waals surface area contributed by atoms with E-state index < -0.39 is 0 Å². The maximum atomic E-state index is 10.8. The van der Waals surface area contributed by atoms with E-state index in [1.165, 1.54) is 12.7 Å². The molecule has 3 heteroatoms. The molecule has 0 bridgehead atoms. The van der Waals surface area contributed by atoms with Crippen molar-refractivity contribution in [2.75, 3.05) is 7.11 Å². The quantitative estimate of drug-likeness (QED) is 0.493. The van der Waals surface area contributed by atoms with Crippen molar-refractivity contribution in [2.45, 2.75) is 11.8 Å². The molecule has 0 unspecified atom stereocenters. The van der Waals surface area contributed by atoms with E-state index in [0.717, 1.165) is 16.7 Å². The summed E-state index contributed by atoms with van der Waals surface area (Å²) in [5.74, 6) is 0. The summed E-state index contributed by atoms with van der Waals surface area (Å²) < 4.78 is 4.51. The molecule has 0 saturated carbocycles. The first kappa shape index (κ1) is 9.13. The second-order valence-corrected chi connectivity index (χ2v) is 3.38. The van der Waals surface area contributed by atoms with Crippen LogP contribution < -0.4 is 0 Å². The van der Waals surface area contributed by atoms with Crippen LogP contribution >= 0.6 is 11.8 Å². The Morgan fingerprint density at radius 2 is 1.92 bits per heavy atom. The summed E-state index contributed by atoms with van der Waals surface area (Å²) >= 11 is 1.09. The first-order valence-electron chi connectivity index (χ1n) is 3.55. The SMILES string of the molecule is COC(=O)Sc1ccc(C)cc1. The number of carbonyl (C=O) groups is 1. The molecule has 0 aliphatic carbocycles. The molecule has 0 aliphatic heterocycles. The van der Waals surface area contributed by atoms with Crippen molar-refractivity contribution in [3.05, 3.63) is 29.8 Å². The first-order chi connectivity index (χ1) is 5.72. The fourth-order valence-corrected chi connectivity index (χ4v) is 1.29. The minimum absolute atomic E-state index is 0.279. The number of carbonyl (C=O) groups excluding carboxylic acids is 1. The topological polar surface area (TPSA) is 26.3 Å². The highest BCUT2D eigenvalue weighted by Crippen LogP contribution is 2.19. The van der Waals surface area contributed by atoms with E-state index in [9.17, 15) is 4.79 Å². The summed E-state index contributed by atoms with van der Waals surface area (Å²) in [6, 6.07) is 7.73. The summed E-state index contributed by atoms with van der Waals surface area (Å²) in [7, 11) is 1.38. The van der Waals surface area contributed by atoms with E-state index in [0.29, 0.717) is 0 Å². The van der Waals surface area contributed by atoms with Gasteiger partial charge in [-0.2, -0.15) is 0 Å². The highest BCUT2D eigenvalue weighted by atomic mass is 32.2. The van der Waals surface area contributed by atoms with E-state index >= 15 is 0 Å². The minimum atomic E-state index is -0.279. The number of aryl methyl sites for hydroxylation is 1. The molecule has 1 aromatic carbocycles. The van der Waals surface area contributed by atoms with Crippen molar-refractivity contribution in [3.8, 4) is 0 Å². The largest absolute Gasteiger partial charge is 0.461 e. The highest BCUT2D eigenvalue weighted by Gasteiger charge is 2.01. The first-order valence-corrected chi connectivity index (χ1v) is 4.36. The molecule has 1 aromatic rings. The third-order valence-corrected chi connectivity index (χ3v) is 2.23. The third kappa shape index (κ3) is 2.58. The molecule has 0 N–H and O–H groups in total. The Hall–Kier alpha value is -0.960. The van der Waals surface area contributed by atoms with Gasteiger partial charge in [0.15, 0.2) is 0 Å². The molecule has 0 fully saturated rings. The molecular weight excluding hydrogens is 172 g/mol. The van der Waals surface area contributed by atoms with E-state index in [4.69, 9.17) is 0 Å². The molecule has 0 atom stereocenters. The third-order valence-electron chi connectivity index (χ3n) is 1.39. The summed E-state index contributed by atoms with van der Waals surface area (Å²) in [6.45, 7) is 2.01. The van der Waals surface area contributed by atoms with E-state index in [2.05, 4.69) is 4.74 Å². The van der Waals surface area contributed by atoms with Crippen LogP contribution in [0, 0.1) is 6.92 Å². The normalized spacial score (nSPS) is 9.50. The van der Waals surface area contributed by atoms with Crippen molar-refractivity contribution >= 4 is 17.1 Å². The van der Waals surface area contributed by atoms with Gasteiger partial charge in [-0.15, -0.1) is 0 Å². The zero-order valence-electron chi connectivity index (χ0n) is 7.03. The monoisotopic (exact) mass is 182 g/mol. The summed E-state index contributed by atoms with van der Waals surface area (Å²) in [5, 5.41) is -0.279. The zero-order chi connectivity index (χ0) is 8.97. The van der Waals surface area contributed by atoms with Gasteiger partial charge in [0.25, 0.3) is 0 Å². The number of hydrogen-bond acceptors (Lipinski definition) is 3. The number of ether oxygens (including phenoxy) is 1. The van der Waals surface area contributed by atoms with Crippen molar-refractivity contribution < 1.29 is 9.53 Å². The van der Waals surface area contributed by atoms with Crippen molar-refractivity contribution in [1.29, 1.82) is 0 Å². The average molecular weight is 182 g/mol. The maximum absolute atomic E-state index is 10.8. The molecule has 0 saturated heterocycles. The zero-order valence-corrected chi connectivity index (χ0v) is 7.85. The number of thioether (sulfide) groups is 1. The molecule has 0 spiro atoms. The fraction of sp³-hybridized carbons (Fsp3) is 0.222. The lowest BCUT2D eigenvalue weighted by Gasteiger charge is -1.98. The maximum Gasteiger partial charge on any atom is 0.371 e. The van der Waals surface area contributed by atoms with Gasteiger partial charge in [0.2, 0.25) is 0 Å². The Labute approximate surface area is 75.9 Å². The van der Waals surface area contributed by atoms with Gasteiger partial charge in [0.1, 0.15) is 0 Å². The van der Waals surface area contributed by atoms with Crippen LogP contribution in [-0.4, -0.2) is 12.4 Å². The second kappa shape index (κ2) is 4.16. The summed E-state index contributed by atoms with van der Waals surface area (Å²) in [4.78, 5) is 11.7. The molecule has 64 valence electrons. The Morgan fingerprint density at radius 1 is 1.33 bits per heavy atom. The van der Waals surface area contributed by atoms with Crippen LogP contribution in [-0.2, 0) is 4.74 Å². The minimum Gasteiger partial charge on any atom is -0.461 e. The molecule has 0 heterocycles. The standard InChI is InChI=1S/C9H10O2S/c1-7-3-5-8(6-4-7)12-9(10)11-2/h3-6H,1-2H3. The molecule has 0 aromatic heterocycles. The molecular formula is C9H10O2S. The average Bonchev–Trinajstić information content (AvgIpc) is 2.09. The van der Waals surface area contributed by atoms with Gasteiger partial charge in [0, 0.05) is 4.90 Å². The number of methoxy groups -OCH3 is 1. The van der Waals surface area contributed by atoms with Crippen LogP contribution in [0.15, 0.2) is 29.2 Å². The van der Waals surface area contributed by atoms with Crippen LogP contribution in [0.4, 0.5) is 4.79 Å². The number of benzene rings is 1. The fourth-order valence-electron chi connectivity index (χ4n) is 0.744. The van der Waals surface area contributed by atoms with Gasteiger partial charge in [-0.1, -0.05) is 17.7 Å². The molecule has 12 heavy (non-hydrogen) atoms. The van der Waals surface area contributed by atoms with Crippen LogP contribution in [0.25, 0.3) is 0 Å². The van der Waals surface area contributed by atoms with Crippen molar-refractivity contribution in [1.82, 2.24) is 0 Å². The van der Waals surface area contributed by atoms with Gasteiger partial charge in [-0.25, -0.2) is 4.79 Å². The van der Waals surface area contributed by atoms with Crippen molar-refractivity contribution in [3.63, 3.8) is 0 Å². The van der Waals surface area contributed by atoms with Gasteiger partial charge < -0.3 is 4.74 Å². The molecule has 1 rings (SSSR count). The lowest BCUT2D eigenvalue weighted by Crippen LogP contribution is -1.89. The van der Waals surface area contributed by atoms with Crippen molar-refractivity contribution in [2.24, 2.45) is 0 Å². The van der Waals surface area contributed by atoms with Gasteiger partial charge >= 0.3 is 5.30 Å².